The highest BCUT2D eigenvalue weighted by atomic mass is 35.5. The first-order valence-corrected chi connectivity index (χ1v) is 8.94. The Balaban J connectivity index is 1.77. The number of thiophene rings is 1. The highest BCUT2D eigenvalue weighted by Crippen LogP contribution is 2.35. The lowest BCUT2D eigenvalue weighted by Crippen LogP contribution is -1.96. The molecule has 0 unspecified atom stereocenters. The van der Waals surface area contributed by atoms with Crippen LogP contribution in [0.4, 0.5) is 0 Å². The van der Waals surface area contributed by atoms with Gasteiger partial charge in [-0.1, -0.05) is 23.7 Å². The lowest BCUT2D eigenvalue weighted by molar-refractivity contribution is 0.101. The van der Waals surface area contributed by atoms with Crippen molar-refractivity contribution >= 4 is 28.7 Å². The normalized spacial score (nSPS) is 11.0. The van der Waals surface area contributed by atoms with Crippen LogP contribution in [0.5, 0.6) is 0 Å². The minimum atomic E-state index is -0.435. The molecular formula is C19H12ClNO4S. The highest BCUT2D eigenvalue weighted by Gasteiger charge is 2.19. The van der Waals surface area contributed by atoms with E-state index in [9.17, 15) is 9.59 Å². The number of rotatable bonds is 5. The number of aromatic nitrogens is 1. The number of H-pyrrole nitrogens is 1. The van der Waals surface area contributed by atoms with E-state index in [4.69, 9.17) is 20.5 Å². The largest absolute Gasteiger partial charge is 0.461 e. The maximum absolute atomic E-state index is 12.6. The van der Waals surface area contributed by atoms with Crippen molar-refractivity contribution in [3.05, 3.63) is 92.1 Å². The van der Waals surface area contributed by atoms with Gasteiger partial charge in [-0.15, -0.1) is 11.3 Å². The third-order valence-electron chi connectivity index (χ3n) is 3.84. The zero-order valence-electron chi connectivity index (χ0n) is 13.3. The van der Waals surface area contributed by atoms with Gasteiger partial charge in [0.25, 0.3) is 0 Å². The molecular weight excluding hydrogens is 374 g/mol. The van der Waals surface area contributed by atoms with E-state index >= 15 is 0 Å². The molecule has 0 aliphatic heterocycles. The molecule has 4 rings (SSSR count). The van der Waals surface area contributed by atoms with Crippen LogP contribution in [-0.2, 0) is 6.42 Å². The fraction of sp³-hybridized carbons (Fsp3) is 0.0526. The lowest BCUT2D eigenvalue weighted by Gasteiger charge is -2.02. The van der Waals surface area contributed by atoms with Crippen LogP contribution >= 0.6 is 22.9 Å². The van der Waals surface area contributed by atoms with Crippen molar-refractivity contribution in [2.24, 2.45) is 0 Å². The van der Waals surface area contributed by atoms with Crippen molar-refractivity contribution in [3.63, 3.8) is 0 Å². The van der Waals surface area contributed by atoms with Gasteiger partial charge in [0.05, 0.1) is 16.8 Å². The van der Waals surface area contributed by atoms with Gasteiger partial charge in [-0.3, -0.25) is 4.79 Å². The van der Waals surface area contributed by atoms with Crippen LogP contribution in [0.15, 0.2) is 68.5 Å². The molecule has 0 spiro atoms. The van der Waals surface area contributed by atoms with Crippen LogP contribution < -0.4 is 5.63 Å². The number of halogens is 1. The fourth-order valence-corrected chi connectivity index (χ4v) is 3.91. The molecule has 0 bridgehead atoms. The Morgan fingerprint density at radius 1 is 1.15 bits per heavy atom. The van der Waals surface area contributed by atoms with Crippen LogP contribution in [0.1, 0.15) is 26.7 Å². The van der Waals surface area contributed by atoms with Crippen LogP contribution in [0.3, 0.4) is 0 Å². The van der Waals surface area contributed by atoms with Gasteiger partial charge < -0.3 is 8.94 Å². The summed E-state index contributed by atoms with van der Waals surface area (Å²) in [6.07, 6.45) is 1.91. The molecule has 0 aliphatic carbocycles. The van der Waals surface area contributed by atoms with Crippen molar-refractivity contribution in [3.8, 4) is 10.4 Å². The maximum atomic E-state index is 12.6. The Labute approximate surface area is 156 Å². The second kappa shape index (κ2) is 6.82. The number of furan rings is 1. The van der Waals surface area contributed by atoms with Gasteiger partial charge in [-0.25, -0.2) is 9.95 Å². The molecule has 0 aliphatic rings. The third-order valence-corrected chi connectivity index (χ3v) is 5.32. The van der Waals surface area contributed by atoms with E-state index in [1.165, 1.54) is 23.7 Å². The monoisotopic (exact) mass is 385 g/mol. The number of nitrogens with one attached hydrogen (secondary N) is 1. The average Bonchev–Trinajstić information content (AvgIpc) is 3.37. The number of carbonyl (C=O) groups excluding carboxylic acids is 1. The summed E-state index contributed by atoms with van der Waals surface area (Å²) in [5.41, 5.74) is 2.05. The predicted octanol–water partition coefficient (Wildman–Crippen LogP) is 4.76. The maximum Gasteiger partial charge on any atom is 0.357 e. The lowest BCUT2D eigenvalue weighted by atomic mass is 10.0. The van der Waals surface area contributed by atoms with Gasteiger partial charge >= 0.3 is 5.63 Å². The molecule has 0 amide bonds. The van der Waals surface area contributed by atoms with E-state index in [-0.39, 0.29) is 11.5 Å². The topological polar surface area (TPSA) is 76.2 Å². The Kier molecular flexibility index (Phi) is 4.36. The Hall–Kier alpha value is -2.83. The number of hydrogen-bond donors (Lipinski definition) is 1. The molecule has 0 saturated carbocycles. The quantitative estimate of drug-likeness (QED) is 0.502. The molecule has 0 saturated heterocycles. The summed E-state index contributed by atoms with van der Waals surface area (Å²) in [5, 5.41) is 3.24. The van der Waals surface area contributed by atoms with Crippen molar-refractivity contribution in [1.82, 2.24) is 5.16 Å². The van der Waals surface area contributed by atoms with Gasteiger partial charge in [0.2, 0.25) is 5.78 Å². The first kappa shape index (κ1) is 16.6. The SMILES string of the molecule is O=C(c1ccco1)c1cc(Cc2cc(=O)o[nH]2)c(-c2ccc(Cl)cc2)s1. The number of hydrogen-bond acceptors (Lipinski definition) is 5. The van der Waals surface area contributed by atoms with E-state index in [0.29, 0.717) is 22.0 Å². The zero-order chi connectivity index (χ0) is 18.1. The number of benzene rings is 1. The van der Waals surface area contributed by atoms with Gasteiger partial charge in [-0.05, 0) is 41.5 Å². The predicted molar refractivity (Wildman–Crippen MR) is 99.0 cm³/mol. The molecule has 0 radical (unpaired) electrons. The highest BCUT2D eigenvalue weighted by molar-refractivity contribution is 7.17. The molecule has 26 heavy (non-hydrogen) atoms. The molecule has 1 aromatic carbocycles. The third kappa shape index (κ3) is 3.29. The fourth-order valence-electron chi connectivity index (χ4n) is 2.66. The molecule has 5 nitrogen and oxygen atoms in total. The zero-order valence-corrected chi connectivity index (χ0v) is 14.9. The first-order valence-electron chi connectivity index (χ1n) is 7.74. The Morgan fingerprint density at radius 2 is 1.96 bits per heavy atom. The van der Waals surface area contributed by atoms with Gasteiger partial charge in [0.1, 0.15) is 0 Å². The molecule has 1 N–H and O–H groups in total. The summed E-state index contributed by atoms with van der Waals surface area (Å²) >= 11 is 7.36. The van der Waals surface area contributed by atoms with Crippen LogP contribution in [0, 0.1) is 0 Å². The van der Waals surface area contributed by atoms with Crippen molar-refractivity contribution in [2.75, 3.05) is 0 Å². The van der Waals surface area contributed by atoms with Crippen molar-refractivity contribution in [2.45, 2.75) is 6.42 Å². The minimum absolute atomic E-state index is 0.179. The van der Waals surface area contributed by atoms with Crippen LogP contribution in [-0.4, -0.2) is 10.9 Å². The second-order valence-corrected chi connectivity index (χ2v) is 7.14. The van der Waals surface area contributed by atoms with Crippen molar-refractivity contribution in [1.29, 1.82) is 0 Å². The standard InChI is InChI=1S/C19H12ClNO4S/c20-13-5-3-11(4-6-13)19-12(8-14-10-17(22)25-21-14)9-16(26-19)18(23)15-2-1-7-24-15/h1-7,9-10,21H,8H2. The van der Waals surface area contributed by atoms with E-state index < -0.39 is 5.63 Å². The van der Waals surface area contributed by atoms with Crippen molar-refractivity contribution < 1.29 is 13.7 Å². The average molecular weight is 386 g/mol. The molecule has 0 fully saturated rings. The number of ketones is 1. The van der Waals surface area contributed by atoms with E-state index in [1.807, 2.05) is 18.2 Å². The molecule has 3 heterocycles. The summed E-state index contributed by atoms with van der Waals surface area (Å²) in [6, 6.07) is 13.9. The van der Waals surface area contributed by atoms with Gasteiger partial charge in [0.15, 0.2) is 5.76 Å². The van der Waals surface area contributed by atoms with Gasteiger partial charge in [-0.2, -0.15) is 0 Å². The van der Waals surface area contributed by atoms with E-state index in [0.717, 1.165) is 16.0 Å². The smallest absolute Gasteiger partial charge is 0.357 e. The summed E-state index contributed by atoms with van der Waals surface area (Å²) in [5.74, 6) is 0.110. The molecule has 4 aromatic rings. The first-order chi connectivity index (χ1) is 12.6. The van der Waals surface area contributed by atoms with Gasteiger partial charge in [0, 0.05) is 22.4 Å². The minimum Gasteiger partial charge on any atom is -0.461 e. The summed E-state index contributed by atoms with van der Waals surface area (Å²) < 4.78 is 9.95. The number of aromatic amines is 1. The molecule has 130 valence electrons. The molecule has 7 heteroatoms. The Bertz CT molecular complexity index is 1100. The van der Waals surface area contributed by atoms with Crippen LogP contribution in [0.2, 0.25) is 5.02 Å². The van der Waals surface area contributed by atoms with E-state index in [2.05, 4.69) is 5.16 Å². The summed E-state index contributed by atoms with van der Waals surface area (Å²) in [4.78, 5) is 25.4. The second-order valence-electron chi connectivity index (χ2n) is 5.65. The summed E-state index contributed by atoms with van der Waals surface area (Å²) in [6.45, 7) is 0. The van der Waals surface area contributed by atoms with E-state index in [1.54, 1.807) is 24.3 Å². The Morgan fingerprint density at radius 3 is 2.62 bits per heavy atom. The molecule has 3 aromatic heterocycles. The number of carbonyl (C=O) groups is 1. The van der Waals surface area contributed by atoms with Crippen LogP contribution in [0.25, 0.3) is 10.4 Å². The summed E-state index contributed by atoms with van der Waals surface area (Å²) in [7, 11) is 0. The molecule has 0 atom stereocenters.